The molecule has 1 aromatic carbocycles. The van der Waals surface area contributed by atoms with Crippen molar-refractivity contribution < 1.29 is 0 Å². The van der Waals surface area contributed by atoms with E-state index in [0.717, 1.165) is 6.42 Å². The predicted molar refractivity (Wildman–Crippen MR) is 81.0 cm³/mol. The summed E-state index contributed by atoms with van der Waals surface area (Å²) in [6, 6.07) is 9.17. The predicted octanol–water partition coefficient (Wildman–Crippen LogP) is 5.34. The van der Waals surface area contributed by atoms with E-state index in [1.165, 1.54) is 17.5 Å². The van der Waals surface area contributed by atoms with Crippen LogP contribution in [-0.4, -0.2) is 4.83 Å². The van der Waals surface area contributed by atoms with Crippen molar-refractivity contribution in [1.82, 2.24) is 0 Å². The molecule has 0 saturated carbocycles. The molecule has 0 aliphatic rings. The van der Waals surface area contributed by atoms with E-state index in [-0.39, 0.29) is 0 Å². The highest BCUT2D eigenvalue weighted by Gasteiger charge is 2.17. The summed E-state index contributed by atoms with van der Waals surface area (Å²) < 4.78 is 0. The van der Waals surface area contributed by atoms with Gasteiger partial charge in [-0.1, -0.05) is 74.8 Å². The van der Waals surface area contributed by atoms with Crippen LogP contribution < -0.4 is 0 Å². The first-order valence-electron chi connectivity index (χ1n) is 6.60. The maximum absolute atomic E-state index is 3.65. The number of rotatable bonds is 5. The van der Waals surface area contributed by atoms with Crippen molar-refractivity contribution >= 4 is 15.9 Å². The van der Waals surface area contributed by atoms with Crippen molar-refractivity contribution in [2.24, 2.45) is 5.92 Å². The highest BCUT2D eigenvalue weighted by molar-refractivity contribution is 9.09. The number of benzene rings is 1. The van der Waals surface area contributed by atoms with Crippen molar-refractivity contribution in [1.29, 1.82) is 0 Å². The summed E-state index contributed by atoms with van der Waals surface area (Å²) in [6.45, 7) is 11.4. The maximum Gasteiger partial charge on any atom is 0.0146 e. The lowest BCUT2D eigenvalue weighted by molar-refractivity contribution is 0.505. The molecule has 0 bridgehead atoms. The molecule has 0 heterocycles. The summed E-state index contributed by atoms with van der Waals surface area (Å²) in [4.78, 5) is 0.578. The van der Waals surface area contributed by atoms with Crippen molar-refractivity contribution in [2.75, 3.05) is 0 Å². The quantitative estimate of drug-likeness (QED) is 0.644. The smallest absolute Gasteiger partial charge is 0.0146 e. The lowest BCUT2D eigenvalue weighted by Crippen LogP contribution is -2.15. The van der Waals surface area contributed by atoms with Crippen LogP contribution in [-0.2, 0) is 11.8 Å². The van der Waals surface area contributed by atoms with Crippen LogP contribution in [0.15, 0.2) is 24.3 Å². The molecule has 17 heavy (non-hydrogen) atoms. The van der Waals surface area contributed by atoms with Crippen LogP contribution in [0, 0.1) is 5.92 Å². The summed E-state index contributed by atoms with van der Waals surface area (Å²) in [5.74, 6) is 0.681. The summed E-state index contributed by atoms with van der Waals surface area (Å²) in [7, 11) is 0. The first-order valence-corrected chi connectivity index (χ1v) is 7.52. The molecule has 0 nitrogen and oxygen atoms in total. The fourth-order valence-corrected chi connectivity index (χ4v) is 2.02. The SMILES string of the molecule is CCC(C)(C)c1ccc(CC(C)C(C)Br)cc1. The Labute approximate surface area is 115 Å². The molecule has 1 aromatic rings. The highest BCUT2D eigenvalue weighted by atomic mass is 79.9. The monoisotopic (exact) mass is 296 g/mol. The summed E-state index contributed by atoms with van der Waals surface area (Å²) in [5.41, 5.74) is 3.19. The molecule has 0 fully saturated rings. The van der Waals surface area contributed by atoms with Crippen LogP contribution in [0.25, 0.3) is 0 Å². The lowest BCUT2D eigenvalue weighted by Gasteiger charge is -2.23. The molecule has 0 N–H and O–H groups in total. The number of hydrogen-bond acceptors (Lipinski definition) is 0. The van der Waals surface area contributed by atoms with Gasteiger partial charge in [-0.3, -0.25) is 0 Å². The lowest BCUT2D eigenvalue weighted by atomic mass is 9.81. The third kappa shape index (κ3) is 4.13. The minimum Gasteiger partial charge on any atom is -0.0891 e. The third-order valence-corrected chi connectivity index (χ3v) is 4.86. The van der Waals surface area contributed by atoms with Gasteiger partial charge in [0.25, 0.3) is 0 Å². The van der Waals surface area contributed by atoms with E-state index in [0.29, 0.717) is 16.2 Å². The van der Waals surface area contributed by atoms with E-state index < -0.39 is 0 Å². The van der Waals surface area contributed by atoms with Gasteiger partial charge in [0.15, 0.2) is 0 Å². The van der Waals surface area contributed by atoms with Crippen LogP contribution in [0.3, 0.4) is 0 Å². The van der Waals surface area contributed by atoms with Gasteiger partial charge in [0, 0.05) is 4.83 Å². The van der Waals surface area contributed by atoms with Gasteiger partial charge >= 0.3 is 0 Å². The molecule has 0 aliphatic heterocycles. The van der Waals surface area contributed by atoms with Crippen LogP contribution in [0.5, 0.6) is 0 Å². The fraction of sp³-hybridized carbons (Fsp3) is 0.625. The molecule has 0 aromatic heterocycles. The fourth-order valence-electron chi connectivity index (χ4n) is 1.83. The van der Waals surface area contributed by atoms with E-state index in [1.54, 1.807) is 0 Å². The molecule has 1 rings (SSSR count). The zero-order chi connectivity index (χ0) is 13.1. The Balaban J connectivity index is 2.75. The molecule has 0 aliphatic carbocycles. The second-order valence-electron chi connectivity index (χ2n) is 5.79. The van der Waals surface area contributed by atoms with E-state index in [2.05, 4.69) is 74.8 Å². The van der Waals surface area contributed by atoms with E-state index >= 15 is 0 Å². The van der Waals surface area contributed by atoms with Gasteiger partial charge in [-0.25, -0.2) is 0 Å². The Hall–Kier alpha value is -0.300. The summed E-state index contributed by atoms with van der Waals surface area (Å²) >= 11 is 3.65. The van der Waals surface area contributed by atoms with E-state index in [9.17, 15) is 0 Å². The summed E-state index contributed by atoms with van der Waals surface area (Å²) in [5, 5.41) is 0. The van der Waals surface area contributed by atoms with Gasteiger partial charge in [-0.15, -0.1) is 0 Å². The average Bonchev–Trinajstić information content (AvgIpc) is 2.29. The topological polar surface area (TPSA) is 0 Å². The number of alkyl halides is 1. The molecule has 0 radical (unpaired) electrons. The molecule has 2 unspecified atom stereocenters. The Morgan fingerprint density at radius 2 is 1.65 bits per heavy atom. The van der Waals surface area contributed by atoms with Crippen molar-refractivity contribution in [3.63, 3.8) is 0 Å². The Morgan fingerprint density at radius 1 is 1.12 bits per heavy atom. The second kappa shape index (κ2) is 6.04. The molecule has 0 saturated heterocycles. The van der Waals surface area contributed by atoms with E-state index in [1.807, 2.05) is 0 Å². The number of halogens is 1. The molecule has 96 valence electrons. The third-order valence-electron chi connectivity index (χ3n) is 3.96. The normalized spacial score (nSPS) is 15.6. The minimum atomic E-state index is 0.298. The van der Waals surface area contributed by atoms with Gasteiger partial charge in [-0.2, -0.15) is 0 Å². The van der Waals surface area contributed by atoms with Gasteiger partial charge in [0.05, 0.1) is 0 Å². The molecular weight excluding hydrogens is 272 g/mol. The van der Waals surface area contributed by atoms with Crippen LogP contribution in [0.4, 0.5) is 0 Å². The van der Waals surface area contributed by atoms with Gasteiger partial charge < -0.3 is 0 Å². The second-order valence-corrected chi connectivity index (χ2v) is 7.24. The standard InChI is InChI=1S/C16H25Br/c1-6-16(4,5)15-9-7-14(8-10-15)11-12(2)13(3)17/h7-10,12-13H,6,11H2,1-5H3. The summed E-state index contributed by atoms with van der Waals surface area (Å²) in [6.07, 6.45) is 2.33. The van der Waals surface area contributed by atoms with Gasteiger partial charge in [0.2, 0.25) is 0 Å². The Kier molecular flexibility index (Phi) is 5.24. The average molecular weight is 297 g/mol. The molecule has 1 heteroatoms. The van der Waals surface area contributed by atoms with E-state index in [4.69, 9.17) is 0 Å². The van der Waals surface area contributed by atoms with Crippen molar-refractivity contribution in [2.45, 2.75) is 57.7 Å². The Morgan fingerprint density at radius 3 is 2.06 bits per heavy atom. The Bertz CT molecular complexity index is 335. The van der Waals surface area contributed by atoms with Gasteiger partial charge in [-0.05, 0) is 35.3 Å². The first-order chi connectivity index (χ1) is 7.86. The van der Waals surface area contributed by atoms with Crippen LogP contribution in [0.1, 0.15) is 52.2 Å². The molecule has 2 atom stereocenters. The molecule has 0 spiro atoms. The maximum atomic E-state index is 3.65. The number of hydrogen-bond donors (Lipinski definition) is 0. The van der Waals surface area contributed by atoms with Gasteiger partial charge in [0.1, 0.15) is 0 Å². The molecule has 0 amide bonds. The largest absolute Gasteiger partial charge is 0.0891 e. The molecular formula is C16H25Br. The van der Waals surface area contributed by atoms with Crippen molar-refractivity contribution in [3.8, 4) is 0 Å². The van der Waals surface area contributed by atoms with Crippen LogP contribution in [0.2, 0.25) is 0 Å². The van der Waals surface area contributed by atoms with Crippen molar-refractivity contribution in [3.05, 3.63) is 35.4 Å². The zero-order valence-corrected chi connectivity index (χ0v) is 13.3. The van der Waals surface area contributed by atoms with Crippen LogP contribution >= 0.6 is 15.9 Å². The zero-order valence-electron chi connectivity index (χ0n) is 11.8. The first kappa shape index (κ1) is 14.8. The highest BCUT2D eigenvalue weighted by Crippen LogP contribution is 2.27. The minimum absolute atomic E-state index is 0.298.